The number of methoxy groups -OCH3 is 1. The molecule has 1 aliphatic rings. The van der Waals surface area contributed by atoms with E-state index in [0.29, 0.717) is 6.04 Å². The molecule has 0 amide bonds. The third-order valence-corrected chi connectivity index (χ3v) is 3.98. The van der Waals surface area contributed by atoms with Crippen LogP contribution in [0.4, 0.5) is 0 Å². The van der Waals surface area contributed by atoms with Gasteiger partial charge in [0.25, 0.3) is 0 Å². The molecule has 1 aliphatic carbocycles. The summed E-state index contributed by atoms with van der Waals surface area (Å²) < 4.78 is 5.26. The van der Waals surface area contributed by atoms with Gasteiger partial charge in [-0.15, -0.1) is 0 Å². The molecule has 3 rings (SSSR count). The first kappa shape index (κ1) is 12.5. The van der Waals surface area contributed by atoms with Crippen molar-refractivity contribution in [3.05, 3.63) is 42.0 Å². The monoisotopic (exact) mass is 255 g/mol. The quantitative estimate of drug-likeness (QED) is 0.874. The van der Waals surface area contributed by atoms with Gasteiger partial charge >= 0.3 is 0 Å². The lowest BCUT2D eigenvalue weighted by Crippen LogP contribution is -2.20. The van der Waals surface area contributed by atoms with Crippen LogP contribution in [0.1, 0.15) is 31.4 Å². The molecular formula is C17H21NO. The summed E-state index contributed by atoms with van der Waals surface area (Å²) in [5, 5.41) is 6.13. The molecule has 1 unspecified atom stereocenters. The molecule has 1 atom stereocenters. The Balaban J connectivity index is 1.79. The summed E-state index contributed by atoms with van der Waals surface area (Å²) in [5.41, 5.74) is 1.36. The fraction of sp³-hybridized carbons (Fsp3) is 0.412. The van der Waals surface area contributed by atoms with Crippen molar-refractivity contribution in [2.45, 2.75) is 25.8 Å². The van der Waals surface area contributed by atoms with Gasteiger partial charge in [-0.05, 0) is 66.8 Å². The number of benzene rings is 2. The molecule has 100 valence electrons. The maximum Gasteiger partial charge on any atom is 0.119 e. The van der Waals surface area contributed by atoms with Gasteiger partial charge in [0, 0.05) is 6.04 Å². The van der Waals surface area contributed by atoms with Crippen molar-refractivity contribution >= 4 is 10.8 Å². The van der Waals surface area contributed by atoms with Crippen molar-refractivity contribution in [1.82, 2.24) is 5.32 Å². The fourth-order valence-electron chi connectivity index (χ4n) is 2.42. The van der Waals surface area contributed by atoms with Crippen molar-refractivity contribution in [3.8, 4) is 5.75 Å². The lowest BCUT2D eigenvalue weighted by molar-refractivity contribution is 0.415. The first-order chi connectivity index (χ1) is 9.26. The number of hydrogen-bond acceptors (Lipinski definition) is 2. The summed E-state index contributed by atoms with van der Waals surface area (Å²) in [5.74, 6) is 1.84. The first-order valence-electron chi connectivity index (χ1n) is 7.07. The summed E-state index contributed by atoms with van der Waals surface area (Å²) in [4.78, 5) is 0. The van der Waals surface area contributed by atoms with Crippen molar-refractivity contribution in [2.24, 2.45) is 5.92 Å². The SMILES string of the molecule is COc1ccc2cc(C(C)NCC3CC3)ccc2c1. The molecule has 2 nitrogen and oxygen atoms in total. The molecule has 1 N–H and O–H groups in total. The third kappa shape index (κ3) is 2.90. The number of hydrogen-bond donors (Lipinski definition) is 1. The molecule has 2 heteroatoms. The maximum absolute atomic E-state index is 5.26. The normalized spacial score (nSPS) is 16.5. The van der Waals surface area contributed by atoms with Gasteiger partial charge in [0.1, 0.15) is 5.75 Å². The van der Waals surface area contributed by atoms with E-state index in [-0.39, 0.29) is 0 Å². The molecule has 0 radical (unpaired) electrons. The Morgan fingerprint density at radius 1 is 1.16 bits per heavy atom. The molecular weight excluding hydrogens is 234 g/mol. The maximum atomic E-state index is 5.26. The molecule has 0 bridgehead atoms. The zero-order valence-electron chi connectivity index (χ0n) is 11.6. The Labute approximate surface area is 114 Å². The van der Waals surface area contributed by atoms with E-state index >= 15 is 0 Å². The zero-order valence-corrected chi connectivity index (χ0v) is 11.6. The Morgan fingerprint density at radius 3 is 2.63 bits per heavy atom. The van der Waals surface area contributed by atoms with Crippen molar-refractivity contribution in [2.75, 3.05) is 13.7 Å². The van der Waals surface area contributed by atoms with Gasteiger partial charge in [-0.1, -0.05) is 18.2 Å². The van der Waals surface area contributed by atoms with Gasteiger partial charge in [-0.3, -0.25) is 0 Å². The highest BCUT2D eigenvalue weighted by atomic mass is 16.5. The van der Waals surface area contributed by atoms with Crippen LogP contribution in [0.25, 0.3) is 10.8 Å². The van der Waals surface area contributed by atoms with Crippen LogP contribution in [0.5, 0.6) is 5.75 Å². The highest BCUT2D eigenvalue weighted by Crippen LogP contribution is 2.29. The van der Waals surface area contributed by atoms with Crippen molar-refractivity contribution in [3.63, 3.8) is 0 Å². The molecule has 19 heavy (non-hydrogen) atoms. The summed E-state index contributed by atoms with van der Waals surface area (Å²) in [6.45, 7) is 3.40. The van der Waals surface area contributed by atoms with E-state index in [9.17, 15) is 0 Å². The van der Waals surface area contributed by atoms with Gasteiger partial charge in [-0.25, -0.2) is 0 Å². The highest BCUT2D eigenvalue weighted by Gasteiger charge is 2.21. The first-order valence-corrected chi connectivity index (χ1v) is 7.07. The minimum Gasteiger partial charge on any atom is -0.497 e. The third-order valence-electron chi connectivity index (χ3n) is 3.98. The molecule has 2 aromatic carbocycles. The molecule has 0 aliphatic heterocycles. The van der Waals surface area contributed by atoms with Crippen LogP contribution in [0.2, 0.25) is 0 Å². The van der Waals surface area contributed by atoms with Gasteiger partial charge in [0.2, 0.25) is 0 Å². The largest absolute Gasteiger partial charge is 0.497 e. The number of fused-ring (bicyclic) bond motifs is 1. The van der Waals surface area contributed by atoms with E-state index in [1.807, 2.05) is 6.07 Å². The Hall–Kier alpha value is -1.54. The number of rotatable bonds is 5. The van der Waals surface area contributed by atoms with Crippen molar-refractivity contribution < 1.29 is 4.74 Å². The van der Waals surface area contributed by atoms with Crippen LogP contribution >= 0.6 is 0 Å². The van der Waals surface area contributed by atoms with E-state index < -0.39 is 0 Å². The zero-order chi connectivity index (χ0) is 13.2. The molecule has 2 aromatic rings. The molecule has 0 aromatic heterocycles. The van der Waals surface area contributed by atoms with E-state index in [0.717, 1.165) is 18.2 Å². The lowest BCUT2D eigenvalue weighted by Gasteiger charge is -2.15. The second-order valence-corrected chi connectivity index (χ2v) is 5.55. The van der Waals surface area contributed by atoms with Gasteiger partial charge < -0.3 is 10.1 Å². The predicted molar refractivity (Wildman–Crippen MR) is 79.6 cm³/mol. The summed E-state index contributed by atoms with van der Waals surface area (Å²) >= 11 is 0. The number of nitrogens with one attached hydrogen (secondary N) is 1. The Kier molecular flexibility index (Phi) is 3.43. The second kappa shape index (κ2) is 5.22. The van der Waals surface area contributed by atoms with E-state index in [2.05, 4.69) is 42.6 Å². The van der Waals surface area contributed by atoms with Crippen LogP contribution in [0.15, 0.2) is 36.4 Å². The molecule has 0 heterocycles. The lowest BCUT2D eigenvalue weighted by atomic mass is 10.0. The topological polar surface area (TPSA) is 21.3 Å². The van der Waals surface area contributed by atoms with Crippen LogP contribution < -0.4 is 10.1 Å². The molecule has 0 spiro atoms. The average molecular weight is 255 g/mol. The molecule has 1 fully saturated rings. The standard InChI is InChI=1S/C17H21NO/c1-12(18-11-13-3-4-13)14-5-6-16-10-17(19-2)8-7-15(16)9-14/h5-10,12-13,18H,3-4,11H2,1-2H3. The summed E-state index contributed by atoms with van der Waals surface area (Å²) in [7, 11) is 1.71. The second-order valence-electron chi connectivity index (χ2n) is 5.55. The van der Waals surface area contributed by atoms with E-state index in [1.165, 1.54) is 29.2 Å². The van der Waals surface area contributed by atoms with Gasteiger partial charge in [0.05, 0.1) is 7.11 Å². The predicted octanol–water partition coefficient (Wildman–Crippen LogP) is 3.91. The minimum absolute atomic E-state index is 0.423. The number of ether oxygens (including phenoxy) is 1. The fourth-order valence-corrected chi connectivity index (χ4v) is 2.42. The Morgan fingerprint density at radius 2 is 1.89 bits per heavy atom. The summed E-state index contributed by atoms with van der Waals surface area (Å²) in [6.07, 6.45) is 2.80. The van der Waals surface area contributed by atoms with Crippen molar-refractivity contribution in [1.29, 1.82) is 0 Å². The highest BCUT2D eigenvalue weighted by molar-refractivity contribution is 5.84. The van der Waals surface area contributed by atoms with Gasteiger partial charge in [-0.2, -0.15) is 0 Å². The molecule has 0 saturated heterocycles. The smallest absolute Gasteiger partial charge is 0.119 e. The van der Waals surface area contributed by atoms with Crippen LogP contribution in [0.3, 0.4) is 0 Å². The Bertz CT molecular complexity index is 574. The van der Waals surface area contributed by atoms with E-state index in [1.54, 1.807) is 7.11 Å². The van der Waals surface area contributed by atoms with E-state index in [4.69, 9.17) is 4.74 Å². The summed E-state index contributed by atoms with van der Waals surface area (Å²) in [6, 6.07) is 13.3. The van der Waals surface area contributed by atoms with Crippen LogP contribution in [-0.4, -0.2) is 13.7 Å². The van der Waals surface area contributed by atoms with Crippen LogP contribution in [-0.2, 0) is 0 Å². The molecule has 1 saturated carbocycles. The van der Waals surface area contributed by atoms with Gasteiger partial charge in [0.15, 0.2) is 0 Å². The average Bonchev–Trinajstić information content (AvgIpc) is 3.27. The minimum atomic E-state index is 0.423. The van der Waals surface area contributed by atoms with Crippen LogP contribution in [0, 0.1) is 5.92 Å².